The SMILES string of the molecule is Cc1c(C(=O)NCc2ncc[nH]2)oc2ccc(F)cc12. The van der Waals surface area contributed by atoms with Crippen LogP contribution in [0.1, 0.15) is 21.9 Å². The molecule has 6 heteroatoms. The van der Waals surface area contributed by atoms with Crippen molar-refractivity contribution in [3.63, 3.8) is 0 Å². The second kappa shape index (κ2) is 4.80. The summed E-state index contributed by atoms with van der Waals surface area (Å²) >= 11 is 0. The number of carbonyl (C=O) groups excluding carboxylic acids is 1. The summed E-state index contributed by atoms with van der Waals surface area (Å²) in [5, 5.41) is 3.30. The van der Waals surface area contributed by atoms with Gasteiger partial charge in [0.1, 0.15) is 17.2 Å². The second-order valence-corrected chi connectivity index (χ2v) is 4.42. The number of imidazole rings is 1. The maximum atomic E-state index is 13.2. The molecule has 0 radical (unpaired) electrons. The number of fused-ring (bicyclic) bond motifs is 1. The highest BCUT2D eigenvalue weighted by Gasteiger charge is 2.17. The zero-order valence-corrected chi connectivity index (χ0v) is 10.7. The normalized spacial score (nSPS) is 10.9. The Kier molecular flexibility index (Phi) is 2.98. The number of furan rings is 1. The van der Waals surface area contributed by atoms with Crippen molar-refractivity contribution in [2.75, 3.05) is 0 Å². The van der Waals surface area contributed by atoms with Crippen LogP contribution < -0.4 is 5.32 Å². The van der Waals surface area contributed by atoms with Gasteiger partial charge in [-0.15, -0.1) is 0 Å². The minimum absolute atomic E-state index is 0.192. The van der Waals surface area contributed by atoms with E-state index in [1.165, 1.54) is 18.2 Å². The Morgan fingerprint density at radius 1 is 1.50 bits per heavy atom. The third kappa shape index (κ3) is 2.16. The maximum absolute atomic E-state index is 13.2. The largest absolute Gasteiger partial charge is 0.451 e. The molecule has 0 saturated carbocycles. The van der Waals surface area contributed by atoms with E-state index >= 15 is 0 Å². The number of carbonyl (C=O) groups is 1. The van der Waals surface area contributed by atoms with Crippen LogP contribution in [0.5, 0.6) is 0 Å². The van der Waals surface area contributed by atoms with Crippen molar-refractivity contribution in [1.29, 1.82) is 0 Å². The van der Waals surface area contributed by atoms with E-state index in [9.17, 15) is 9.18 Å². The third-order valence-corrected chi connectivity index (χ3v) is 3.08. The van der Waals surface area contributed by atoms with Gasteiger partial charge in [0.25, 0.3) is 5.91 Å². The van der Waals surface area contributed by atoms with Gasteiger partial charge in [-0.05, 0) is 25.1 Å². The van der Waals surface area contributed by atoms with Crippen LogP contribution in [-0.4, -0.2) is 15.9 Å². The highest BCUT2D eigenvalue weighted by Crippen LogP contribution is 2.25. The first kappa shape index (κ1) is 12.4. The smallest absolute Gasteiger partial charge is 0.287 e. The number of H-pyrrole nitrogens is 1. The number of aromatic amines is 1. The van der Waals surface area contributed by atoms with Crippen molar-refractivity contribution in [2.24, 2.45) is 0 Å². The summed E-state index contributed by atoms with van der Waals surface area (Å²) in [4.78, 5) is 19.0. The fourth-order valence-corrected chi connectivity index (χ4v) is 2.05. The lowest BCUT2D eigenvalue weighted by molar-refractivity contribution is 0.0923. The van der Waals surface area contributed by atoms with Gasteiger partial charge in [0, 0.05) is 23.3 Å². The van der Waals surface area contributed by atoms with Crippen LogP contribution in [0, 0.1) is 12.7 Å². The topological polar surface area (TPSA) is 70.9 Å². The molecule has 5 nitrogen and oxygen atoms in total. The maximum Gasteiger partial charge on any atom is 0.287 e. The summed E-state index contributed by atoms with van der Waals surface area (Å²) in [6.07, 6.45) is 3.29. The summed E-state index contributed by atoms with van der Waals surface area (Å²) < 4.78 is 18.7. The summed E-state index contributed by atoms with van der Waals surface area (Å²) in [5.41, 5.74) is 1.11. The molecule has 1 amide bonds. The number of aryl methyl sites for hydroxylation is 1. The third-order valence-electron chi connectivity index (χ3n) is 3.08. The molecule has 1 aromatic carbocycles. The Morgan fingerprint density at radius 3 is 3.10 bits per heavy atom. The second-order valence-electron chi connectivity index (χ2n) is 4.42. The van der Waals surface area contributed by atoms with Crippen molar-refractivity contribution in [3.05, 3.63) is 53.6 Å². The number of rotatable bonds is 3. The van der Waals surface area contributed by atoms with E-state index in [2.05, 4.69) is 15.3 Å². The van der Waals surface area contributed by atoms with E-state index in [1.807, 2.05) is 0 Å². The molecule has 3 rings (SSSR count). The summed E-state index contributed by atoms with van der Waals surface area (Å²) in [6.45, 7) is 2.00. The van der Waals surface area contributed by atoms with Crippen LogP contribution >= 0.6 is 0 Å². The van der Waals surface area contributed by atoms with Crippen molar-refractivity contribution in [2.45, 2.75) is 13.5 Å². The predicted molar refractivity (Wildman–Crippen MR) is 70.7 cm³/mol. The molecular formula is C14H12FN3O2. The van der Waals surface area contributed by atoms with E-state index in [-0.39, 0.29) is 24.0 Å². The minimum Gasteiger partial charge on any atom is -0.451 e. The van der Waals surface area contributed by atoms with Crippen LogP contribution in [0.3, 0.4) is 0 Å². The van der Waals surface area contributed by atoms with Crippen LogP contribution in [-0.2, 0) is 6.54 Å². The summed E-state index contributed by atoms with van der Waals surface area (Å²) in [7, 11) is 0. The first-order chi connectivity index (χ1) is 9.65. The molecule has 0 atom stereocenters. The number of amides is 1. The fourth-order valence-electron chi connectivity index (χ4n) is 2.05. The van der Waals surface area contributed by atoms with Crippen LogP contribution in [0.4, 0.5) is 4.39 Å². The molecular weight excluding hydrogens is 261 g/mol. The van der Waals surface area contributed by atoms with Gasteiger partial charge in [-0.2, -0.15) is 0 Å². The summed E-state index contributed by atoms with van der Waals surface area (Å²) in [6, 6.07) is 4.17. The average molecular weight is 273 g/mol. The lowest BCUT2D eigenvalue weighted by Gasteiger charge is -2.01. The average Bonchev–Trinajstić information content (AvgIpc) is 3.05. The Hall–Kier alpha value is -2.63. The number of nitrogens with zero attached hydrogens (tertiary/aromatic N) is 1. The zero-order chi connectivity index (χ0) is 14.1. The Bertz CT molecular complexity index is 762. The molecule has 0 spiro atoms. The van der Waals surface area contributed by atoms with Gasteiger partial charge in [0.05, 0.1) is 6.54 Å². The molecule has 3 aromatic rings. The molecule has 2 heterocycles. The molecule has 0 saturated heterocycles. The van der Waals surface area contributed by atoms with E-state index in [0.29, 0.717) is 22.4 Å². The Morgan fingerprint density at radius 2 is 2.35 bits per heavy atom. The quantitative estimate of drug-likeness (QED) is 0.770. The van der Waals surface area contributed by atoms with Crippen molar-refractivity contribution < 1.29 is 13.6 Å². The van der Waals surface area contributed by atoms with Crippen LogP contribution in [0.15, 0.2) is 35.0 Å². The van der Waals surface area contributed by atoms with Gasteiger partial charge in [-0.25, -0.2) is 9.37 Å². The number of hydrogen-bond acceptors (Lipinski definition) is 3. The monoisotopic (exact) mass is 273 g/mol. The van der Waals surface area contributed by atoms with Gasteiger partial charge in [0.2, 0.25) is 0 Å². The van der Waals surface area contributed by atoms with Crippen LogP contribution in [0.2, 0.25) is 0 Å². The fraction of sp³-hybridized carbons (Fsp3) is 0.143. The van der Waals surface area contributed by atoms with Gasteiger partial charge >= 0.3 is 0 Å². The number of aromatic nitrogens is 2. The van der Waals surface area contributed by atoms with Crippen molar-refractivity contribution >= 4 is 16.9 Å². The molecule has 0 fully saturated rings. The number of halogens is 1. The highest BCUT2D eigenvalue weighted by atomic mass is 19.1. The van der Waals surface area contributed by atoms with Gasteiger partial charge in [-0.1, -0.05) is 0 Å². The predicted octanol–water partition coefficient (Wildman–Crippen LogP) is 2.53. The number of benzene rings is 1. The highest BCUT2D eigenvalue weighted by molar-refractivity contribution is 5.98. The lowest BCUT2D eigenvalue weighted by atomic mass is 10.1. The standard InChI is InChI=1S/C14H12FN3O2/c1-8-10-6-9(15)2-3-11(10)20-13(8)14(19)18-7-12-16-4-5-17-12/h2-6H,7H2,1H3,(H,16,17)(H,18,19). The van der Waals surface area contributed by atoms with E-state index in [0.717, 1.165) is 0 Å². The number of nitrogens with one attached hydrogen (secondary N) is 2. The first-order valence-electron chi connectivity index (χ1n) is 6.10. The molecule has 102 valence electrons. The van der Waals surface area contributed by atoms with E-state index in [4.69, 9.17) is 4.42 Å². The Labute approximate surface area is 113 Å². The van der Waals surface area contributed by atoms with Gasteiger partial charge in [-0.3, -0.25) is 4.79 Å². The van der Waals surface area contributed by atoms with Crippen LogP contribution in [0.25, 0.3) is 11.0 Å². The molecule has 0 unspecified atom stereocenters. The van der Waals surface area contributed by atoms with Gasteiger partial charge in [0.15, 0.2) is 5.76 Å². The minimum atomic E-state index is -0.357. The number of hydrogen-bond donors (Lipinski definition) is 2. The molecule has 0 aliphatic carbocycles. The molecule has 2 N–H and O–H groups in total. The van der Waals surface area contributed by atoms with Crippen molar-refractivity contribution in [3.8, 4) is 0 Å². The molecule has 0 aliphatic heterocycles. The Balaban J connectivity index is 1.86. The summed E-state index contributed by atoms with van der Waals surface area (Å²) in [5.74, 6) is 0.134. The van der Waals surface area contributed by atoms with E-state index in [1.54, 1.807) is 19.3 Å². The zero-order valence-electron chi connectivity index (χ0n) is 10.7. The van der Waals surface area contributed by atoms with E-state index < -0.39 is 0 Å². The lowest BCUT2D eigenvalue weighted by Crippen LogP contribution is -2.23. The van der Waals surface area contributed by atoms with Crippen molar-refractivity contribution in [1.82, 2.24) is 15.3 Å². The molecule has 0 aliphatic rings. The molecule has 20 heavy (non-hydrogen) atoms. The molecule has 0 bridgehead atoms. The molecule has 2 aromatic heterocycles. The first-order valence-corrected chi connectivity index (χ1v) is 6.10. The van der Waals surface area contributed by atoms with Gasteiger partial charge < -0.3 is 14.7 Å².